The molecule has 0 bridgehead atoms. The number of nitrogens with one attached hydrogen (secondary N) is 2. The first-order valence-electron chi connectivity index (χ1n) is 10.9. The lowest BCUT2D eigenvalue weighted by Gasteiger charge is -2.30. The van der Waals surface area contributed by atoms with Crippen LogP contribution < -0.4 is 15.5 Å². The number of aromatic nitrogens is 1. The lowest BCUT2D eigenvalue weighted by Crippen LogP contribution is -2.40. The molecular formula is C24H27F3N4O2. The molecule has 6 nitrogen and oxygen atoms in total. The van der Waals surface area contributed by atoms with Crippen molar-refractivity contribution in [2.24, 2.45) is 0 Å². The van der Waals surface area contributed by atoms with Gasteiger partial charge in [-0.2, -0.15) is 13.2 Å². The van der Waals surface area contributed by atoms with Gasteiger partial charge in [-0.15, -0.1) is 0 Å². The topological polar surface area (TPSA) is 70.4 Å². The van der Waals surface area contributed by atoms with Gasteiger partial charge in [-0.3, -0.25) is 4.79 Å². The molecule has 4 rings (SSSR count). The number of amides is 1. The third-order valence-electron chi connectivity index (χ3n) is 5.95. The van der Waals surface area contributed by atoms with Gasteiger partial charge in [0.15, 0.2) is 0 Å². The molecule has 1 amide bonds. The number of hydrogen-bond donors (Lipinski definition) is 2. The molecule has 0 saturated heterocycles. The molecule has 2 N–H and O–H groups in total. The minimum absolute atomic E-state index is 0.0559. The number of para-hydroxylation sites is 1. The highest BCUT2D eigenvalue weighted by atomic mass is 19.4. The molecular weight excluding hydrogens is 433 g/mol. The number of aryl methyl sites for hydroxylation is 1. The summed E-state index contributed by atoms with van der Waals surface area (Å²) >= 11 is 0. The van der Waals surface area contributed by atoms with E-state index < -0.39 is 23.4 Å². The molecule has 33 heavy (non-hydrogen) atoms. The van der Waals surface area contributed by atoms with Gasteiger partial charge in [-0.25, -0.2) is 4.98 Å². The van der Waals surface area contributed by atoms with Crippen molar-refractivity contribution in [2.75, 3.05) is 24.3 Å². The van der Waals surface area contributed by atoms with E-state index >= 15 is 0 Å². The highest BCUT2D eigenvalue weighted by Crippen LogP contribution is 2.34. The predicted molar refractivity (Wildman–Crippen MR) is 122 cm³/mol. The maximum Gasteiger partial charge on any atom is 0.450 e. The van der Waals surface area contributed by atoms with E-state index in [0.717, 1.165) is 41.3 Å². The molecule has 2 aromatic heterocycles. The third kappa shape index (κ3) is 5.07. The van der Waals surface area contributed by atoms with E-state index in [9.17, 15) is 18.0 Å². The Balaban J connectivity index is 1.39. The van der Waals surface area contributed by atoms with Crippen LogP contribution in [-0.4, -0.2) is 37.1 Å². The highest BCUT2D eigenvalue weighted by Gasteiger charge is 2.40. The van der Waals surface area contributed by atoms with E-state index in [1.165, 1.54) is 6.92 Å². The number of rotatable bonds is 5. The first-order chi connectivity index (χ1) is 15.6. The average molecular weight is 461 g/mol. The Kier molecular flexibility index (Phi) is 6.23. The van der Waals surface area contributed by atoms with Gasteiger partial charge in [0, 0.05) is 43.3 Å². The van der Waals surface area contributed by atoms with Gasteiger partial charge >= 0.3 is 6.18 Å². The summed E-state index contributed by atoms with van der Waals surface area (Å²) < 4.78 is 44.2. The third-order valence-corrected chi connectivity index (χ3v) is 5.95. The van der Waals surface area contributed by atoms with E-state index in [2.05, 4.69) is 15.5 Å². The molecule has 0 unspecified atom stereocenters. The zero-order valence-electron chi connectivity index (χ0n) is 18.8. The van der Waals surface area contributed by atoms with Crippen LogP contribution in [0.1, 0.15) is 47.6 Å². The second-order valence-corrected chi connectivity index (χ2v) is 8.70. The van der Waals surface area contributed by atoms with Crippen LogP contribution in [0.4, 0.5) is 24.7 Å². The zero-order valence-corrected chi connectivity index (χ0v) is 18.8. The second-order valence-electron chi connectivity index (χ2n) is 8.70. The van der Waals surface area contributed by atoms with Crippen molar-refractivity contribution in [2.45, 2.75) is 50.9 Å². The summed E-state index contributed by atoms with van der Waals surface area (Å²) in [4.78, 5) is 19.3. The van der Waals surface area contributed by atoms with Gasteiger partial charge in [0.25, 0.3) is 5.91 Å². The Labute approximate surface area is 190 Å². The predicted octanol–water partition coefficient (Wildman–Crippen LogP) is 5.37. The molecule has 0 radical (unpaired) electrons. The van der Waals surface area contributed by atoms with Gasteiger partial charge in [0.2, 0.25) is 5.76 Å². The minimum atomic E-state index is -4.71. The number of halogens is 3. The van der Waals surface area contributed by atoms with E-state index in [-0.39, 0.29) is 17.8 Å². The van der Waals surface area contributed by atoms with E-state index in [4.69, 9.17) is 9.40 Å². The summed E-state index contributed by atoms with van der Waals surface area (Å²) in [5.41, 5.74) is 1.51. The molecule has 2 heterocycles. The molecule has 1 aromatic carbocycles. The number of hydrogen-bond acceptors (Lipinski definition) is 5. The molecule has 1 aliphatic carbocycles. The van der Waals surface area contributed by atoms with E-state index in [0.29, 0.717) is 12.8 Å². The molecule has 1 fully saturated rings. The van der Waals surface area contributed by atoms with Gasteiger partial charge in [-0.05, 0) is 44.7 Å². The molecule has 0 aliphatic heterocycles. The Morgan fingerprint density at radius 3 is 2.42 bits per heavy atom. The van der Waals surface area contributed by atoms with Crippen molar-refractivity contribution < 1.29 is 22.4 Å². The smallest absolute Gasteiger partial charge is 0.450 e. The first kappa shape index (κ1) is 22.9. The number of pyridine rings is 1. The number of furan rings is 1. The largest absolute Gasteiger partial charge is 0.456 e. The molecule has 1 saturated carbocycles. The zero-order chi connectivity index (χ0) is 23.8. The molecule has 3 aromatic rings. The maximum atomic E-state index is 13.1. The van der Waals surface area contributed by atoms with Crippen LogP contribution in [-0.2, 0) is 6.18 Å². The van der Waals surface area contributed by atoms with Crippen LogP contribution in [0.15, 0.2) is 40.8 Å². The SMILES string of the molecule is Cc1cc(C(=O)N[C@H]2CC[C@@H](Nc3cc(N(C)C)c4ccccc4n3)CC2)c(C(F)(F)F)o1. The standard InChI is InChI=1S/C24H27F3N4O2/c1-14-12-18(22(33-14)24(25,26)27)23(32)29-16-10-8-15(9-11-16)28-21-13-20(31(2)3)17-6-4-5-7-19(17)30-21/h4-7,12-13,15-16H,8-11H2,1-3H3,(H,28,30)(H,29,32)/t15-,16+. The fraction of sp³-hybridized carbons (Fsp3) is 0.417. The Morgan fingerprint density at radius 1 is 1.09 bits per heavy atom. The number of carbonyl (C=O) groups excluding carboxylic acids is 1. The summed E-state index contributed by atoms with van der Waals surface area (Å²) in [6, 6.07) is 11.1. The van der Waals surface area contributed by atoms with Crippen molar-refractivity contribution >= 4 is 28.3 Å². The van der Waals surface area contributed by atoms with Gasteiger partial charge in [0.05, 0.1) is 11.1 Å². The summed E-state index contributed by atoms with van der Waals surface area (Å²) in [6.45, 7) is 1.39. The lowest BCUT2D eigenvalue weighted by atomic mass is 9.91. The van der Waals surface area contributed by atoms with Gasteiger partial charge in [0.1, 0.15) is 11.6 Å². The van der Waals surface area contributed by atoms with Crippen molar-refractivity contribution in [3.8, 4) is 0 Å². The molecule has 0 spiro atoms. The minimum Gasteiger partial charge on any atom is -0.456 e. The fourth-order valence-corrected chi connectivity index (χ4v) is 4.35. The number of fused-ring (bicyclic) bond motifs is 1. The van der Waals surface area contributed by atoms with Crippen LogP contribution in [0.3, 0.4) is 0 Å². The second kappa shape index (κ2) is 8.96. The summed E-state index contributed by atoms with van der Waals surface area (Å²) in [5.74, 6) is -1.15. The van der Waals surface area contributed by atoms with E-state index in [1.54, 1.807) is 0 Å². The molecule has 1 aliphatic rings. The Morgan fingerprint density at radius 2 is 1.76 bits per heavy atom. The summed E-state index contributed by atoms with van der Waals surface area (Å²) in [7, 11) is 3.98. The number of benzene rings is 1. The van der Waals surface area contributed by atoms with Crippen LogP contribution in [0.2, 0.25) is 0 Å². The van der Waals surface area contributed by atoms with Gasteiger partial charge < -0.3 is 20.0 Å². The van der Waals surface area contributed by atoms with Crippen molar-refractivity contribution in [1.29, 1.82) is 0 Å². The van der Waals surface area contributed by atoms with Crippen molar-refractivity contribution in [1.82, 2.24) is 10.3 Å². The first-order valence-corrected chi connectivity index (χ1v) is 10.9. The van der Waals surface area contributed by atoms with Gasteiger partial charge in [-0.1, -0.05) is 18.2 Å². The van der Waals surface area contributed by atoms with Crippen LogP contribution in [0.5, 0.6) is 0 Å². The number of anilines is 2. The summed E-state index contributed by atoms with van der Waals surface area (Å²) in [6.07, 6.45) is -1.84. The highest BCUT2D eigenvalue weighted by molar-refractivity contribution is 5.96. The quantitative estimate of drug-likeness (QED) is 0.535. The van der Waals surface area contributed by atoms with Crippen molar-refractivity contribution in [3.63, 3.8) is 0 Å². The summed E-state index contributed by atoms with van der Waals surface area (Å²) in [5, 5.41) is 7.31. The lowest BCUT2D eigenvalue weighted by molar-refractivity contribution is -0.153. The monoisotopic (exact) mass is 460 g/mol. The maximum absolute atomic E-state index is 13.1. The molecule has 176 valence electrons. The van der Waals surface area contributed by atoms with Crippen LogP contribution >= 0.6 is 0 Å². The number of alkyl halides is 3. The Hall–Kier alpha value is -3.23. The van der Waals surface area contributed by atoms with E-state index in [1.807, 2.05) is 44.4 Å². The fourth-order valence-electron chi connectivity index (χ4n) is 4.35. The normalized spacial score (nSPS) is 18.8. The average Bonchev–Trinajstić information content (AvgIpc) is 3.17. The molecule has 0 atom stereocenters. The van der Waals surface area contributed by atoms with Crippen LogP contribution in [0, 0.1) is 6.92 Å². The van der Waals surface area contributed by atoms with Crippen LogP contribution in [0.25, 0.3) is 10.9 Å². The Bertz CT molecular complexity index is 1150. The van der Waals surface area contributed by atoms with Crippen molar-refractivity contribution in [3.05, 3.63) is 53.5 Å². The number of carbonyl (C=O) groups is 1. The number of nitrogens with zero attached hydrogens (tertiary/aromatic N) is 2. The molecule has 9 heteroatoms.